The molecule has 2 heterocycles. The Morgan fingerprint density at radius 2 is 1.05 bits per heavy atom. The van der Waals surface area contributed by atoms with Crippen LogP contribution >= 0.6 is 0 Å². The molecule has 304 valence electrons. The van der Waals surface area contributed by atoms with E-state index in [4.69, 9.17) is 9.97 Å². The van der Waals surface area contributed by atoms with Crippen molar-refractivity contribution in [1.82, 2.24) is 19.5 Å². The van der Waals surface area contributed by atoms with Crippen molar-refractivity contribution in [3.05, 3.63) is 206 Å². The summed E-state index contributed by atoms with van der Waals surface area (Å²) < 4.78 is 36.9. The van der Waals surface area contributed by atoms with Crippen LogP contribution in [0.15, 0.2) is 211 Å². The van der Waals surface area contributed by atoms with Crippen LogP contribution in [0.2, 0.25) is 0 Å². The van der Waals surface area contributed by atoms with E-state index in [0.29, 0.717) is 5.56 Å². The molecule has 2 N–H and O–H groups in total. The molecule has 0 spiro atoms. The zero-order valence-electron chi connectivity index (χ0n) is 34.1. The molecule has 0 atom stereocenters. The van der Waals surface area contributed by atoms with Crippen LogP contribution in [0.3, 0.4) is 0 Å². The molecule has 64 heavy (non-hydrogen) atoms. The molecule has 0 aliphatic rings. The molecule has 0 amide bonds. The van der Waals surface area contributed by atoms with Crippen LogP contribution in [0.1, 0.15) is 0 Å². The second-order valence-electron chi connectivity index (χ2n) is 16.1. The van der Waals surface area contributed by atoms with Crippen LogP contribution in [-0.2, 0) is 10.1 Å². The van der Waals surface area contributed by atoms with Gasteiger partial charge < -0.3 is 4.98 Å². The molecule has 0 aliphatic heterocycles. The Hall–Kier alpha value is -8.17. The van der Waals surface area contributed by atoms with Gasteiger partial charge in [0.1, 0.15) is 11.6 Å². The van der Waals surface area contributed by atoms with Gasteiger partial charge in [0.05, 0.1) is 27.0 Å². The predicted octanol–water partition coefficient (Wildman–Crippen LogP) is 13.9. The summed E-state index contributed by atoms with van der Waals surface area (Å²) in [7, 11) is -4.42. The zero-order chi connectivity index (χ0) is 42.9. The number of rotatable bonds is 7. The minimum Gasteiger partial charge on any atom is -0.338 e. The fourth-order valence-electron chi connectivity index (χ4n) is 9.29. The van der Waals surface area contributed by atoms with Crippen molar-refractivity contribution < 1.29 is 13.0 Å². The van der Waals surface area contributed by atoms with Crippen molar-refractivity contribution >= 4 is 64.5 Å². The maximum atomic E-state index is 12.3. The summed E-state index contributed by atoms with van der Waals surface area (Å²) in [6.45, 7) is 0. The van der Waals surface area contributed by atoms with E-state index in [2.05, 4.69) is 125 Å². The van der Waals surface area contributed by atoms with Gasteiger partial charge >= 0.3 is 0 Å². The topological polar surface area (TPSA) is 101 Å². The normalized spacial score (nSPS) is 12.0. The molecule has 0 aliphatic carbocycles. The number of hydrogen-bond acceptors (Lipinski definition) is 4. The fourth-order valence-corrected chi connectivity index (χ4v) is 9.82. The highest BCUT2D eigenvalue weighted by Gasteiger charge is 2.21. The highest BCUT2D eigenvalue weighted by Crippen LogP contribution is 2.47. The van der Waals surface area contributed by atoms with Gasteiger partial charge in [0.15, 0.2) is 0 Å². The minimum absolute atomic E-state index is 0.156. The number of aromatic amines is 1. The summed E-state index contributed by atoms with van der Waals surface area (Å²) in [5.41, 5.74) is 12.4. The first-order valence-electron chi connectivity index (χ1n) is 21.0. The third-order valence-corrected chi connectivity index (χ3v) is 13.1. The van der Waals surface area contributed by atoms with Crippen LogP contribution in [-0.4, -0.2) is 32.5 Å². The lowest BCUT2D eigenvalue weighted by Gasteiger charge is -2.20. The van der Waals surface area contributed by atoms with Crippen LogP contribution in [0.25, 0.3) is 116 Å². The molecule has 2 aromatic heterocycles. The Morgan fingerprint density at radius 1 is 0.438 bits per heavy atom. The lowest BCUT2D eigenvalue weighted by molar-refractivity contribution is 0.483. The number of aromatic nitrogens is 4. The SMILES string of the molecule is O=S(=O)(O)c1cccc(-c2ccc3c(-c4ccc5ccccc5c4)c4cc(-c5nc6ccccc6[nH]5)ccc4c(-c4ccc(-n5c(-c6ccccc6)nc6ccccc65)cc4)c3c2)c1. The minimum atomic E-state index is -4.42. The van der Waals surface area contributed by atoms with Gasteiger partial charge in [0, 0.05) is 16.8 Å². The van der Waals surface area contributed by atoms with Gasteiger partial charge in [-0.2, -0.15) is 8.42 Å². The van der Waals surface area contributed by atoms with Crippen molar-refractivity contribution in [1.29, 1.82) is 0 Å². The van der Waals surface area contributed by atoms with Crippen LogP contribution in [0.4, 0.5) is 0 Å². The number of nitrogens with zero attached hydrogens (tertiary/aromatic N) is 3. The van der Waals surface area contributed by atoms with Crippen LogP contribution in [0, 0.1) is 0 Å². The van der Waals surface area contributed by atoms with Crippen LogP contribution in [0.5, 0.6) is 0 Å². The molecule has 7 nitrogen and oxygen atoms in total. The van der Waals surface area contributed by atoms with Crippen molar-refractivity contribution in [2.24, 2.45) is 0 Å². The summed E-state index contributed by atoms with van der Waals surface area (Å²) in [5, 5.41) is 6.42. The van der Waals surface area contributed by atoms with Gasteiger partial charge in [-0.25, -0.2) is 9.97 Å². The molecule has 12 rings (SSSR count). The highest BCUT2D eigenvalue weighted by molar-refractivity contribution is 7.85. The zero-order valence-corrected chi connectivity index (χ0v) is 35.0. The highest BCUT2D eigenvalue weighted by atomic mass is 32.2. The molecule has 0 saturated heterocycles. The van der Waals surface area contributed by atoms with E-state index >= 15 is 0 Å². The Bertz CT molecular complexity index is 3900. The number of H-pyrrole nitrogens is 1. The third-order valence-electron chi connectivity index (χ3n) is 12.3. The summed E-state index contributed by atoms with van der Waals surface area (Å²) in [4.78, 5) is 13.5. The van der Waals surface area contributed by atoms with Gasteiger partial charge in [-0.3, -0.25) is 9.12 Å². The molecular weight excluding hydrogens is 809 g/mol. The van der Waals surface area contributed by atoms with E-state index in [1.807, 2.05) is 72.8 Å². The van der Waals surface area contributed by atoms with Crippen molar-refractivity contribution in [2.45, 2.75) is 4.90 Å². The summed E-state index contributed by atoms with van der Waals surface area (Å²) >= 11 is 0. The lowest BCUT2D eigenvalue weighted by Crippen LogP contribution is -1.98. The molecule has 0 bridgehead atoms. The molecule has 0 fully saturated rings. The van der Waals surface area contributed by atoms with Gasteiger partial charge in [-0.05, 0) is 132 Å². The molecule has 0 radical (unpaired) electrons. The Morgan fingerprint density at radius 3 is 1.83 bits per heavy atom. The van der Waals surface area contributed by atoms with E-state index < -0.39 is 10.1 Å². The first-order chi connectivity index (χ1) is 31.3. The Balaban J connectivity index is 1.14. The van der Waals surface area contributed by atoms with Gasteiger partial charge in [0.25, 0.3) is 10.1 Å². The molecule has 10 aromatic carbocycles. The third kappa shape index (κ3) is 6.35. The summed E-state index contributed by atoms with van der Waals surface area (Å²) in [6, 6.07) is 69.6. The quantitative estimate of drug-likeness (QED) is 0.123. The average molecular weight is 845 g/mol. The molecule has 8 heteroatoms. The van der Waals surface area contributed by atoms with Gasteiger partial charge in [-0.15, -0.1) is 0 Å². The van der Waals surface area contributed by atoms with E-state index in [1.165, 1.54) is 12.1 Å². The van der Waals surface area contributed by atoms with E-state index in [9.17, 15) is 13.0 Å². The smallest absolute Gasteiger partial charge is 0.294 e. The van der Waals surface area contributed by atoms with Gasteiger partial charge in [0.2, 0.25) is 0 Å². The maximum absolute atomic E-state index is 12.3. The Kier molecular flexibility index (Phi) is 8.65. The standard InChI is InChI=1S/C56H36N4O3S/c61-64(62,63)44-16-10-15-39(32-44)40-25-29-46-47(33-40)53(36-23-27-43(28-24-36)60-52-20-9-8-19-51(52)59-56(60)37-12-2-1-3-13-37)45-30-26-42(55-57-49-17-6-7-18-50(49)58-55)34-48(45)54(46)41-22-21-35-11-4-5-14-38(35)31-41/h1-34H,(H,57,58)(H,61,62,63). The monoisotopic (exact) mass is 844 g/mol. The first kappa shape index (κ1) is 37.6. The average Bonchev–Trinajstić information content (AvgIpc) is 3.96. The van der Waals surface area contributed by atoms with E-state index in [-0.39, 0.29) is 4.90 Å². The second kappa shape index (κ2) is 14.7. The summed E-state index contributed by atoms with van der Waals surface area (Å²) in [6.07, 6.45) is 0. The number of hydrogen-bond donors (Lipinski definition) is 2. The second-order valence-corrected chi connectivity index (χ2v) is 17.5. The van der Waals surface area contributed by atoms with E-state index in [0.717, 1.165) is 111 Å². The largest absolute Gasteiger partial charge is 0.338 e. The fraction of sp³-hybridized carbons (Fsp3) is 0. The number of imidazole rings is 2. The van der Waals surface area contributed by atoms with Crippen molar-refractivity contribution in [3.8, 4) is 61.8 Å². The van der Waals surface area contributed by atoms with E-state index in [1.54, 1.807) is 6.07 Å². The molecule has 0 unspecified atom stereocenters. The number of fused-ring (bicyclic) bond motifs is 5. The maximum Gasteiger partial charge on any atom is 0.294 e. The van der Waals surface area contributed by atoms with Crippen molar-refractivity contribution in [2.75, 3.05) is 0 Å². The summed E-state index contributed by atoms with van der Waals surface area (Å²) in [5.74, 6) is 1.65. The van der Waals surface area contributed by atoms with Crippen molar-refractivity contribution in [3.63, 3.8) is 0 Å². The van der Waals surface area contributed by atoms with Crippen LogP contribution < -0.4 is 0 Å². The lowest BCUT2D eigenvalue weighted by atomic mass is 9.84. The number of nitrogens with one attached hydrogen (secondary N) is 1. The predicted molar refractivity (Wildman–Crippen MR) is 260 cm³/mol. The molecule has 12 aromatic rings. The number of para-hydroxylation sites is 4. The first-order valence-corrected chi connectivity index (χ1v) is 22.5. The van der Waals surface area contributed by atoms with Gasteiger partial charge in [-0.1, -0.05) is 140 Å². The number of benzene rings is 10. The molecular formula is C56H36N4O3S. The Labute approximate surface area is 368 Å². The molecule has 0 saturated carbocycles.